The molecule has 13 heavy (non-hydrogen) atoms. The van der Waals surface area contributed by atoms with Gasteiger partial charge in [-0.25, -0.2) is 0 Å². The summed E-state index contributed by atoms with van der Waals surface area (Å²) < 4.78 is 10.9. The molecule has 0 amide bonds. The Labute approximate surface area is 76.8 Å². The summed E-state index contributed by atoms with van der Waals surface area (Å²) in [4.78, 5) is 0. The first-order valence-corrected chi connectivity index (χ1v) is 4.40. The topological polar surface area (TPSA) is 58.9 Å². The third-order valence-corrected chi connectivity index (χ3v) is 2.35. The van der Waals surface area contributed by atoms with Gasteiger partial charge in [0.15, 0.2) is 5.79 Å². The molecule has 2 aliphatic rings. The van der Waals surface area contributed by atoms with Crippen LogP contribution in [0.1, 0.15) is 13.8 Å². The van der Waals surface area contributed by atoms with Gasteiger partial charge in [0, 0.05) is 0 Å². The number of rotatable bonds is 0. The van der Waals surface area contributed by atoms with Crippen molar-refractivity contribution in [3.63, 3.8) is 0 Å². The summed E-state index contributed by atoms with van der Waals surface area (Å²) in [6.45, 7) is 3.58. The van der Waals surface area contributed by atoms with Gasteiger partial charge in [0.05, 0.1) is 0 Å². The van der Waals surface area contributed by atoms with E-state index in [4.69, 9.17) is 9.47 Å². The summed E-state index contributed by atoms with van der Waals surface area (Å²) in [7, 11) is 0. The maximum atomic E-state index is 9.57. The Hall–Kier alpha value is -0.420. The standard InChI is InChI=1S/C9H14O4/c1-9(2)12-6-4-3-5(10)7(11)8(6)13-9/h3-8,10-11H,1-2H3/t5-,6-,7-,8-/m0/s1. The van der Waals surface area contributed by atoms with Crippen LogP contribution in [0.2, 0.25) is 0 Å². The lowest BCUT2D eigenvalue weighted by molar-refractivity contribution is -0.158. The summed E-state index contributed by atoms with van der Waals surface area (Å²) in [6.07, 6.45) is 0.840. The third-order valence-electron chi connectivity index (χ3n) is 2.35. The van der Waals surface area contributed by atoms with E-state index < -0.39 is 24.1 Å². The number of fused-ring (bicyclic) bond motifs is 1. The van der Waals surface area contributed by atoms with E-state index >= 15 is 0 Å². The molecule has 0 saturated carbocycles. The van der Waals surface area contributed by atoms with Crippen LogP contribution in [0.15, 0.2) is 12.2 Å². The lowest BCUT2D eigenvalue weighted by Gasteiger charge is -2.27. The smallest absolute Gasteiger partial charge is 0.164 e. The van der Waals surface area contributed by atoms with Gasteiger partial charge in [0.1, 0.15) is 24.4 Å². The zero-order valence-electron chi connectivity index (χ0n) is 7.68. The molecule has 0 radical (unpaired) electrons. The van der Waals surface area contributed by atoms with Crippen molar-refractivity contribution in [2.24, 2.45) is 0 Å². The molecule has 1 heterocycles. The summed E-state index contributed by atoms with van der Waals surface area (Å²) >= 11 is 0. The normalized spacial score (nSPS) is 47.7. The molecule has 4 nitrogen and oxygen atoms in total. The Morgan fingerprint density at radius 1 is 1.15 bits per heavy atom. The first-order valence-electron chi connectivity index (χ1n) is 4.40. The Balaban J connectivity index is 2.19. The van der Waals surface area contributed by atoms with E-state index in [1.165, 1.54) is 6.08 Å². The average molecular weight is 186 g/mol. The zero-order valence-corrected chi connectivity index (χ0v) is 7.68. The van der Waals surface area contributed by atoms with Gasteiger partial charge in [-0.05, 0) is 13.8 Å². The predicted molar refractivity (Wildman–Crippen MR) is 45.0 cm³/mol. The zero-order chi connectivity index (χ0) is 9.64. The van der Waals surface area contributed by atoms with Crippen LogP contribution in [0.3, 0.4) is 0 Å². The number of aliphatic hydroxyl groups is 2. The van der Waals surface area contributed by atoms with Gasteiger partial charge in [-0.3, -0.25) is 0 Å². The van der Waals surface area contributed by atoms with E-state index in [0.29, 0.717) is 0 Å². The quantitative estimate of drug-likeness (QED) is 0.514. The minimum Gasteiger partial charge on any atom is -0.387 e. The van der Waals surface area contributed by atoms with Crippen LogP contribution >= 0.6 is 0 Å². The van der Waals surface area contributed by atoms with Gasteiger partial charge >= 0.3 is 0 Å². The monoisotopic (exact) mass is 186 g/mol. The van der Waals surface area contributed by atoms with Gasteiger partial charge in [-0.2, -0.15) is 0 Å². The molecule has 2 N–H and O–H groups in total. The lowest BCUT2D eigenvalue weighted by Crippen LogP contribution is -2.44. The molecule has 1 saturated heterocycles. The highest BCUT2D eigenvalue weighted by Gasteiger charge is 2.47. The van der Waals surface area contributed by atoms with Crippen molar-refractivity contribution < 1.29 is 19.7 Å². The second-order valence-corrected chi connectivity index (χ2v) is 3.93. The molecule has 4 atom stereocenters. The van der Waals surface area contributed by atoms with Crippen LogP contribution in [0.5, 0.6) is 0 Å². The van der Waals surface area contributed by atoms with E-state index in [1.54, 1.807) is 19.9 Å². The van der Waals surface area contributed by atoms with Crippen LogP contribution in [0, 0.1) is 0 Å². The lowest BCUT2D eigenvalue weighted by atomic mass is 9.97. The number of hydrogen-bond acceptors (Lipinski definition) is 4. The van der Waals surface area contributed by atoms with E-state index in [2.05, 4.69) is 0 Å². The second-order valence-electron chi connectivity index (χ2n) is 3.93. The molecule has 0 bridgehead atoms. The largest absolute Gasteiger partial charge is 0.387 e. The molecule has 1 fully saturated rings. The Morgan fingerprint density at radius 3 is 2.54 bits per heavy atom. The van der Waals surface area contributed by atoms with Crippen molar-refractivity contribution in [2.75, 3.05) is 0 Å². The molecule has 0 aromatic carbocycles. The maximum Gasteiger partial charge on any atom is 0.164 e. The van der Waals surface area contributed by atoms with Gasteiger partial charge < -0.3 is 19.7 Å². The van der Waals surface area contributed by atoms with Crippen molar-refractivity contribution in [3.8, 4) is 0 Å². The summed E-state index contributed by atoms with van der Waals surface area (Å²) in [5.74, 6) is -0.676. The summed E-state index contributed by atoms with van der Waals surface area (Å²) in [6, 6.07) is 0. The van der Waals surface area contributed by atoms with E-state index in [1.807, 2.05) is 0 Å². The molecular weight excluding hydrogens is 172 g/mol. The molecule has 1 aliphatic carbocycles. The van der Waals surface area contributed by atoms with Crippen molar-refractivity contribution in [1.29, 1.82) is 0 Å². The second kappa shape index (κ2) is 2.78. The molecule has 0 aromatic heterocycles. The minimum absolute atomic E-state index is 0.242. The minimum atomic E-state index is -0.892. The van der Waals surface area contributed by atoms with Gasteiger partial charge in [0.25, 0.3) is 0 Å². The van der Waals surface area contributed by atoms with E-state index in [9.17, 15) is 10.2 Å². The highest BCUT2D eigenvalue weighted by Crippen LogP contribution is 2.33. The highest BCUT2D eigenvalue weighted by molar-refractivity contribution is 5.11. The first-order chi connectivity index (χ1) is 5.99. The number of hydrogen-bond donors (Lipinski definition) is 2. The van der Waals surface area contributed by atoms with Crippen molar-refractivity contribution in [3.05, 3.63) is 12.2 Å². The maximum absolute atomic E-state index is 9.57. The van der Waals surface area contributed by atoms with Crippen molar-refractivity contribution in [1.82, 2.24) is 0 Å². The predicted octanol–water partition coefficient (Wildman–Crippen LogP) is -0.202. The number of aliphatic hydroxyl groups excluding tert-OH is 2. The first kappa shape index (κ1) is 9.15. The molecule has 74 valence electrons. The Morgan fingerprint density at radius 2 is 1.85 bits per heavy atom. The van der Waals surface area contributed by atoms with Gasteiger partial charge in [-0.1, -0.05) is 12.2 Å². The molecule has 4 heteroatoms. The molecule has 1 aliphatic heterocycles. The van der Waals surface area contributed by atoms with Crippen LogP contribution in [-0.4, -0.2) is 40.4 Å². The Kier molecular flexibility index (Phi) is 1.96. The average Bonchev–Trinajstić information content (AvgIpc) is 2.34. The summed E-state index contributed by atoms with van der Waals surface area (Å²) in [5.41, 5.74) is 0. The van der Waals surface area contributed by atoms with Gasteiger partial charge in [-0.15, -0.1) is 0 Å². The fourth-order valence-electron chi connectivity index (χ4n) is 1.76. The van der Waals surface area contributed by atoms with Crippen molar-refractivity contribution >= 4 is 0 Å². The molecular formula is C9H14O4. The van der Waals surface area contributed by atoms with Gasteiger partial charge in [0.2, 0.25) is 0 Å². The van der Waals surface area contributed by atoms with Crippen LogP contribution < -0.4 is 0 Å². The Bertz CT molecular complexity index is 236. The molecule has 2 rings (SSSR count). The fraction of sp³-hybridized carbons (Fsp3) is 0.778. The third kappa shape index (κ3) is 1.50. The fourth-order valence-corrected chi connectivity index (χ4v) is 1.76. The van der Waals surface area contributed by atoms with Crippen molar-refractivity contribution in [2.45, 2.75) is 44.1 Å². The highest BCUT2D eigenvalue weighted by atomic mass is 16.8. The summed E-state index contributed by atoms with van der Waals surface area (Å²) in [5, 5.41) is 18.9. The van der Waals surface area contributed by atoms with E-state index in [0.717, 1.165) is 0 Å². The SMILES string of the molecule is CC1(C)O[C@@H]2[C@@H](O)[C@@H](O)C=C[C@@H]2O1. The molecule has 0 aromatic rings. The van der Waals surface area contributed by atoms with Crippen LogP contribution in [0.25, 0.3) is 0 Å². The molecule has 0 spiro atoms. The number of ether oxygens (including phenoxy) is 2. The van der Waals surface area contributed by atoms with Crippen LogP contribution in [0.4, 0.5) is 0 Å². The molecule has 0 unspecified atom stereocenters. The van der Waals surface area contributed by atoms with Crippen LogP contribution in [-0.2, 0) is 9.47 Å². The van der Waals surface area contributed by atoms with E-state index in [-0.39, 0.29) is 6.10 Å².